The fraction of sp³-hybridized carbons (Fsp3) is 0.529. The number of anilines is 1. The fourth-order valence-electron chi connectivity index (χ4n) is 3.35. The van der Waals surface area contributed by atoms with E-state index >= 15 is 0 Å². The summed E-state index contributed by atoms with van der Waals surface area (Å²) in [4.78, 5) is 14.0. The van der Waals surface area contributed by atoms with Crippen LogP contribution >= 0.6 is 0 Å². The molecule has 122 valence electrons. The molecular weight excluding hydrogens is 290 g/mol. The minimum atomic E-state index is 0.192. The zero-order chi connectivity index (χ0) is 15.6. The van der Waals surface area contributed by atoms with Gasteiger partial charge in [-0.05, 0) is 25.6 Å². The summed E-state index contributed by atoms with van der Waals surface area (Å²) in [5.74, 6) is 0.999. The topological polar surface area (TPSA) is 53.5 Å². The van der Waals surface area contributed by atoms with E-state index in [-0.39, 0.29) is 6.10 Å². The first-order valence-electron chi connectivity index (χ1n) is 8.37. The van der Waals surface area contributed by atoms with Crippen LogP contribution in [0.2, 0.25) is 0 Å². The van der Waals surface area contributed by atoms with Gasteiger partial charge in [-0.25, -0.2) is 0 Å². The van der Waals surface area contributed by atoms with Gasteiger partial charge in [-0.3, -0.25) is 0 Å². The zero-order valence-electron chi connectivity index (χ0n) is 13.5. The molecule has 2 fully saturated rings. The number of likely N-dealkylation sites (N-methyl/N-ethyl adjacent to an activating group) is 1. The molecule has 2 aliphatic rings. The first-order valence-corrected chi connectivity index (χ1v) is 8.37. The number of nitrogens with zero attached hydrogens (tertiary/aromatic N) is 4. The second kappa shape index (κ2) is 6.29. The minimum Gasteiger partial charge on any atom is -0.459 e. The normalized spacial score (nSPS) is 22.7. The van der Waals surface area contributed by atoms with Crippen LogP contribution in [0.3, 0.4) is 0 Å². The second-order valence-electron chi connectivity index (χ2n) is 6.37. The second-order valence-corrected chi connectivity index (χ2v) is 6.37. The van der Waals surface area contributed by atoms with Gasteiger partial charge < -0.3 is 19.9 Å². The van der Waals surface area contributed by atoms with Crippen molar-refractivity contribution in [3.8, 4) is 6.01 Å². The number of piperazine rings is 1. The molecule has 0 saturated carbocycles. The Bertz CT molecular complexity index is 686. The van der Waals surface area contributed by atoms with E-state index in [2.05, 4.69) is 33.2 Å². The first-order chi connectivity index (χ1) is 11.3. The maximum absolute atomic E-state index is 6.08. The van der Waals surface area contributed by atoms with Gasteiger partial charge in [-0.1, -0.05) is 12.1 Å². The van der Waals surface area contributed by atoms with Crippen molar-refractivity contribution in [2.24, 2.45) is 0 Å². The largest absolute Gasteiger partial charge is 0.459 e. The highest BCUT2D eigenvalue weighted by molar-refractivity contribution is 5.89. The third-order valence-corrected chi connectivity index (χ3v) is 4.60. The summed E-state index contributed by atoms with van der Waals surface area (Å²) < 4.78 is 6.08. The van der Waals surface area contributed by atoms with Crippen LogP contribution in [0, 0.1) is 0 Å². The Morgan fingerprint density at radius 1 is 1.13 bits per heavy atom. The minimum absolute atomic E-state index is 0.192. The molecule has 1 aromatic heterocycles. The molecule has 0 bridgehead atoms. The highest BCUT2D eigenvalue weighted by Crippen LogP contribution is 2.27. The van der Waals surface area contributed by atoms with Gasteiger partial charge in [0.2, 0.25) is 0 Å². The Labute approximate surface area is 136 Å². The number of fused-ring (bicyclic) bond motifs is 1. The number of likely N-dealkylation sites (tertiary alicyclic amines) is 1. The highest BCUT2D eigenvalue weighted by Gasteiger charge is 2.23. The average molecular weight is 313 g/mol. The molecule has 0 spiro atoms. The molecule has 2 aliphatic heterocycles. The molecule has 3 heterocycles. The van der Waals surface area contributed by atoms with Crippen molar-refractivity contribution in [1.29, 1.82) is 0 Å². The van der Waals surface area contributed by atoms with Crippen LogP contribution in [-0.4, -0.2) is 67.3 Å². The third-order valence-electron chi connectivity index (χ3n) is 4.60. The maximum Gasteiger partial charge on any atom is 0.319 e. The van der Waals surface area contributed by atoms with Gasteiger partial charge in [0.15, 0.2) is 0 Å². The van der Waals surface area contributed by atoms with E-state index in [0.717, 1.165) is 62.4 Å². The van der Waals surface area contributed by atoms with E-state index < -0.39 is 0 Å². The summed E-state index contributed by atoms with van der Waals surface area (Å²) in [6, 6.07) is 8.71. The van der Waals surface area contributed by atoms with Crippen LogP contribution in [0.15, 0.2) is 24.3 Å². The monoisotopic (exact) mass is 313 g/mol. The van der Waals surface area contributed by atoms with Gasteiger partial charge in [0.1, 0.15) is 11.9 Å². The highest BCUT2D eigenvalue weighted by atomic mass is 16.5. The standard InChI is InChI=1S/C17H23N5O/c1-21-9-6-13(12-21)23-17-19-15-5-3-2-4-14(15)16(20-17)22-10-7-18-8-11-22/h2-5,13,18H,6-12H2,1H3/t13-/m0/s1. The van der Waals surface area contributed by atoms with Crippen LogP contribution in [0.1, 0.15) is 6.42 Å². The first kappa shape index (κ1) is 14.7. The lowest BCUT2D eigenvalue weighted by molar-refractivity contribution is 0.192. The van der Waals surface area contributed by atoms with E-state index in [1.807, 2.05) is 18.2 Å². The predicted octanol–water partition coefficient (Wildman–Crippen LogP) is 1.12. The molecule has 1 aromatic carbocycles. The van der Waals surface area contributed by atoms with Crippen LogP contribution in [0.4, 0.5) is 5.82 Å². The summed E-state index contributed by atoms with van der Waals surface area (Å²) in [6.07, 6.45) is 1.23. The van der Waals surface area contributed by atoms with Gasteiger partial charge in [0.25, 0.3) is 0 Å². The van der Waals surface area contributed by atoms with Gasteiger partial charge in [-0.15, -0.1) is 0 Å². The van der Waals surface area contributed by atoms with Crippen molar-refractivity contribution in [2.75, 3.05) is 51.2 Å². The smallest absolute Gasteiger partial charge is 0.319 e. The van der Waals surface area contributed by atoms with Crippen molar-refractivity contribution in [2.45, 2.75) is 12.5 Å². The van der Waals surface area contributed by atoms with Crippen molar-refractivity contribution in [3.05, 3.63) is 24.3 Å². The molecule has 2 saturated heterocycles. The van der Waals surface area contributed by atoms with E-state index in [9.17, 15) is 0 Å². The lowest BCUT2D eigenvalue weighted by Gasteiger charge is -2.29. The fourth-order valence-corrected chi connectivity index (χ4v) is 3.35. The Morgan fingerprint density at radius 3 is 2.74 bits per heavy atom. The molecule has 6 nitrogen and oxygen atoms in total. The summed E-state index contributed by atoms with van der Waals surface area (Å²) in [5.41, 5.74) is 0.956. The zero-order valence-corrected chi connectivity index (χ0v) is 13.5. The van der Waals surface area contributed by atoms with Crippen LogP contribution in [-0.2, 0) is 0 Å². The molecule has 0 radical (unpaired) electrons. The van der Waals surface area contributed by atoms with Gasteiger partial charge in [0.05, 0.1) is 5.52 Å². The molecule has 4 rings (SSSR count). The number of ether oxygens (including phenoxy) is 1. The van der Waals surface area contributed by atoms with Crippen LogP contribution in [0.25, 0.3) is 10.9 Å². The Kier molecular flexibility index (Phi) is 4.01. The molecule has 2 aromatic rings. The number of rotatable bonds is 3. The van der Waals surface area contributed by atoms with Crippen molar-refractivity contribution < 1.29 is 4.74 Å². The lowest BCUT2D eigenvalue weighted by atomic mass is 10.2. The predicted molar refractivity (Wildman–Crippen MR) is 91.2 cm³/mol. The number of benzene rings is 1. The Morgan fingerprint density at radius 2 is 1.96 bits per heavy atom. The van der Waals surface area contributed by atoms with Gasteiger partial charge in [0, 0.05) is 44.7 Å². The van der Waals surface area contributed by atoms with Crippen molar-refractivity contribution >= 4 is 16.7 Å². The molecule has 1 atom stereocenters. The maximum atomic E-state index is 6.08. The van der Waals surface area contributed by atoms with Crippen LogP contribution in [0.5, 0.6) is 6.01 Å². The van der Waals surface area contributed by atoms with Crippen LogP contribution < -0.4 is 15.0 Å². The summed E-state index contributed by atoms with van der Waals surface area (Å²) >= 11 is 0. The molecule has 0 amide bonds. The molecule has 23 heavy (non-hydrogen) atoms. The number of hydrogen-bond acceptors (Lipinski definition) is 6. The van der Waals surface area contributed by atoms with E-state index in [1.54, 1.807) is 0 Å². The SMILES string of the molecule is CN1CC[C@H](Oc2nc(N3CCNCC3)c3ccccc3n2)C1. The van der Waals surface area contributed by atoms with Crippen molar-refractivity contribution in [1.82, 2.24) is 20.2 Å². The lowest BCUT2D eigenvalue weighted by Crippen LogP contribution is -2.44. The molecule has 0 unspecified atom stereocenters. The van der Waals surface area contributed by atoms with E-state index in [0.29, 0.717) is 6.01 Å². The third kappa shape index (κ3) is 3.09. The molecule has 0 aliphatic carbocycles. The van der Waals surface area contributed by atoms with E-state index in [1.165, 1.54) is 0 Å². The Balaban J connectivity index is 1.68. The molecule has 6 heteroatoms. The number of hydrogen-bond donors (Lipinski definition) is 1. The number of nitrogens with one attached hydrogen (secondary N) is 1. The van der Waals surface area contributed by atoms with Gasteiger partial charge >= 0.3 is 6.01 Å². The molecular formula is C17H23N5O. The van der Waals surface area contributed by atoms with E-state index in [4.69, 9.17) is 9.72 Å². The summed E-state index contributed by atoms with van der Waals surface area (Å²) in [6.45, 7) is 5.92. The summed E-state index contributed by atoms with van der Waals surface area (Å²) in [5, 5.41) is 4.49. The Hall–Kier alpha value is -1.92. The number of para-hydroxylation sites is 1. The number of aromatic nitrogens is 2. The van der Waals surface area contributed by atoms with Crippen molar-refractivity contribution in [3.63, 3.8) is 0 Å². The molecule has 1 N–H and O–H groups in total. The average Bonchev–Trinajstić information content (AvgIpc) is 3.00. The quantitative estimate of drug-likeness (QED) is 0.916. The van der Waals surface area contributed by atoms with Gasteiger partial charge in [-0.2, -0.15) is 9.97 Å². The summed E-state index contributed by atoms with van der Waals surface area (Å²) in [7, 11) is 2.12.